The summed E-state index contributed by atoms with van der Waals surface area (Å²) in [4.78, 5) is 14.2. The summed E-state index contributed by atoms with van der Waals surface area (Å²) in [7, 11) is 0. The Kier molecular flexibility index (Phi) is 6.24. The van der Waals surface area contributed by atoms with E-state index in [-0.39, 0.29) is 17.2 Å². The summed E-state index contributed by atoms with van der Waals surface area (Å²) in [5.74, 6) is 1.02. The van der Waals surface area contributed by atoms with Gasteiger partial charge in [0.1, 0.15) is 5.76 Å². The summed E-state index contributed by atoms with van der Waals surface area (Å²) in [6.07, 6.45) is 4.18. The van der Waals surface area contributed by atoms with Gasteiger partial charge >= 0.3 is 0 Å². The lowest BCUT2D eigenvalue weighted by Gasteiger charge is -2.36. The molecule has 0 unspecified atom stereocenters. The summed E-state index contributed by atoms with van der Waals surface area (Å²) >= 11 is 0. The Morgan fingerprint density at radius 3 is 2.83 bits per heavy atom. The van der Waals surface area contributed by atoms with E-state index in [0.29, 0.717) is 13.1 Å². The number of carbonyl (C=O) groups is 1. The van der Waals surface area contributed by atoms with Gasteiger partial charge in [-0.05, 0) is 38.1 Å². The van der Waals surface area contributed by atoms with E-state index >= 15 is 0 Å². The lowest BCUT2D eigenvalue weighted by atomic mass is 9.91. The van der Waals surface area contributed by atoms with Gasteiger partial charge in [-0.15, -0.1) is 0 Å². The van der Waals surface area contributed by atoms with Crippen molar-refractivity contribution in [3.63, 3.8) is 0 Å². The number of β-amino-alcohol motifs (C(OH)–C–C–N with tert-alkyl or cyclic N) is 1. The van der Waals surface area contributed by atoms with Gasteiger partial charge in [0.2, 0.25) is 5.91 Å². The zero-order valence-electron chi connectivity index (χ0n) is 15.2. The van der Waals surface area contributed by atoms with Crippen LogP contribution in [0.5, 0.6) is 0 Å². The molecule has 0 aliphatic carbocycles. The second-order valence-corrected chi connectivity index (χ2v) is 7.82. The molecule has 2 rings (SSSR count). The van der Waals surface area contributed by atoms with Gasteiger partial charge in [-0.1, -0.05) is 26.3 Å². The third kappa shape index (κ3) is 5.49. The largest absolute Gasteiger partial charge is 0.465 e. The zero-order chi connectivity index (χ0) is 17.7. The number of nitrogens with one attached hydrogen (secondary N) is 1. The first kappa shape index (κ1) is 18.7. The van der Waals surface area contributed by atoms with Crippen LogP contribution in [-0.2, 0) is 4.79 Å². The standard InChI is InChI=1S/C19H30N2O3/c1-14(10-16-6-5-9-24-16)12-21-8-7-15(17(22)13-21)11-20-18(23)19(2,3)4/h5-6,9-10,15,17,22H,7-8,11-13H2,1-4H3,(H,20,23)/b14-10+/t15-,17+/m0/s1. The van der Waals surface area contributed by atoms with Gasteiger partial charge < -0.3 is 14.8 Å². The highest BCUT2D eigenvalue weighted by molar-refractivity contribution is 5.81. The molecule has 2 atom stereocenters. The number of rotatable bonds is 5. The molecule has 0 aromatic carbocycles. The van der Waals surface area contributed by atoms with Crippen molar-refractivity contribution in [2.75, 3.05) is 26.2 Å². The molecule has 5 nitrogen and oxygen atoms in total. The van der Waals surface area contributed by atoms with Crippen LogP contribution in [0.25, 0.3) is 6.08 Å². The third-order valence-corrected chi connectivity index (χ3v) is 4.42. The number of carbonyl (C=O) groups excluding carboxylic acids is 1. The lowest BCUT2D eigenvalue weighted by molar-refractivity contribution is -0.129. The summed E-state index contributed by atoms with van der Waals surface area (Å²) in [6, 6.07) is 3.81. The van der Waals surface area contributed by atoms with E-state index in [1.807, 2.05) is 39.0 Å². The number of aliphatic hydroxyl groups is 1. The Morgan fingerprint density at radius 1 is 1.50 bits per heavy atom. The SMILES string of the molecule is C/C(=C\c1ccco1)CN1CC[C@@H](CNC(=O)C(C)(C)C)[C@H](O)C1. The first-order chi connectivity index (χ1) is 11.3. The van der Waals surface area contributed by atoms with Crippen LogP contribution in [0, 0.1) is 11.3 Å². The molecule has 1 fully saturated rings. The number of furan rings is 1. The molecular weight excluding hydrogens is 304 g/mol. The normalized spacial score (nSPS) is 23.3. The Morgan fingerprint density at radius 2 is 2.25 bits per heavy atom. The highest BCUT2D eigenvalue weighted by Crippen LogP contribution is 2.20. The molecule has 1 aromatic rings. The summed E-state index contributed by atoms with van der Waals surface area (Å²) in [6.45, 7) is 10.7. The van der Waals surface area contributed by atoms with Gasteiger partial charge in [-0.3, -0.25) is 9.69 Å². The van der Waals surface area contributed by atoms with Crippen molar-refractivity contribution in [2.45, 2.75) is 40.2 Å². The molecule has 1 aromatic heterocycles. The number of hydrogen-bond donors (Lipinski definition) is 2. The third-order valence-electron chi connectivity index (χ3n) is 4.42. The smallest absolute Gasteiger partial charge is 0.225 e. The van der Waals surface area contributed by atoms with Gasteiger partial charge in [-0.2, -0.15) is 0 Å². The predicted octanol–water partition coefficient (Wildman–Crippen LogP) is 2.53. The molecule has 1 aliphatic heterocycles. The summed E-state index contributed by atoms with van der Waals surface area (Å²) in [5.41, 5.74) is 0.816. The second kappa shape index (κ2) is 7.99. The van der Waals surface area contributed by atoms with Crippen LogP contribution in [-0.4, -0.2) is 48.2 Å². The molecule has 1 amide bonds. The van der Waals surface area contributed by atoms with Crippen LogP contribution in [0.2, 0.25) is 0 Å². The van der Waals surface area contributed by atoms with Crippen molar-refractivity contribution in [2.24, 2.45) is 11.3 Å². The first-order valence-electron chi connectivity index (χ1n) is 8.65. The highest BCUT2D eigenvalue weighted by atomic mass is 16.3. The fourth-order valence-electron chi connectivity index (χ4n) is 2.93. The van der Waals surface area contributed by atoms with E-state index in [9.17, 15) is 9.90 Å². The fraction of sp³-hybridized carbons (Fsp3) is 0.632. The number of nitrogens with zero attached hydrogens (tertiary/aromatic N) is 1. The van der Waals surface area contributed by atoms with Crippen molar-refractivity contribution in [1.82, 2.24) is 10.2 Å². The number of aliphatic hydroxyl groups excluding tert-OH is 1. The fourth-order valence-corrected chi connectivity index (χ4v) is 2.93. The van der Waals surface area contributed by atoms with Crippen molar-refractivity contribution >= 4 is 12.0 Å². The molecule has 1 saturated heterocycles. The minimum Gasteiger partial charge on any atom is -0.465 e. The molecule has 2 heterocycles. The zero-order valence-corrected chi connectivity index (χ0v) is 15.2. The first-order valence-corrected chi connectivity index (χ1v) is 8.65. The Hall–Kier alpha value is -1.59. The molecule has 0 radical (unpaired) electrons. The highest BCUT2D eigenvalue weighted by Gasteiger charge is 2.29. The molecule has 5 heteroatoms. The molecular formula is C19H30N2O3. The average molecular weight is 334 g/mol. The lowest BCUT2D eigenvalue weighted by Crippen LogP contribution is -2.49. The van der Waals surface area contributed by atoms with Crippen LogP contribution < -0.4 is 5.32 Å². The van der Waals surface area contributed by atoms with E-state index in [2.05, 4.69) is 17.1 Å². The second-order valence-electron chi connectivity index (χ2n) is 7.82. The van der Waals surface area contributed by atoms with E-state index in [1.54, 1.807) is 6.26 Å². The Balaban J connectivity index is 1.79. The maximum Gasteiger partial charge on any atom is 0.225 e. The summed E-state index contributed by atoms with van der Waals surface area (Å²) in [5, 5.41) is 13.4. The van der Waals surface area contributed by atoms with Gasteiger partial charge in [0.15, 0.2) is 0 Å². The average Bonchev–Trinajstić information content (AvgIpc) is 2.97. The Labute approximate surface area is 144 Å². The molecule has 1 aliphatic rings. The monoisotopic (exact) mass is 334 g/mol. The van der Waals surface area contributed by atoms with Crippen molar-refractivity contribution < 1.29 is 14.3 Å². The van der Waals surface area contributed by atoms with Crippen molar-refractivity contribution in [3.8, 4) is 0 Å². The molecule has 24 heavy (non-hydrogen) atoms. The number of hydrogen-bond acceptors (Lipinski definition) is 4. The minimum absolute atomic E-state index is 0.0364. The van der Waals surface area contributed by atoms with Gasteiger partial charge in [0.05, 0.1) is 12.4 Å². The predicted molar refractivity (Wildman–Crippen MR) is 95.4 cm³/mol. The van der Waals surface area contributed by atoms with E-state index in [0.717, 1.165) is 25.3 Å². The van der Waals surface area contributed by atoms with Crippen LogP contribution >= 0.6 is 0 Å². The minimum atomic E-state index is -0.407. The molecule has 0 spiro atoms. The number of amides is 1. The molecule has 0 saturated carbocycles. The van der Waals surface area contributed by atoms with Crippen LogP contribution in [0.4, 0.5) is 0 Å². The maximum atomic E-state index is 12.0. The van der Waals surface area contributed by atoms with Crippen molar-refractivity contribution in [1.29, 1.82) is 0 Å². The summed E-state index contributed by atoms with van der Waals surface area (Å²) < 4.78 is 5.33. The molecule has 134 valence electrons. The topological polar surface area (TPSA) is 65.7 Å². The Bertz CT molecular complexity index is 558. The van der Waals surface area contributed by atoms with E-state index in [1.165, 1.54) is 5.57 Å². The van der Waals surface area contributed by atoms with Crippen LogP contribution in [0.3, 0.4) is 0 Å². The van der Waals surface area contributed by atoms with Gasteiger partial charge in [0.25, 0.3) is 0 Å². The maximum absolute atomic E-state index is 12.0. The van der Waals surface area contributed by atoms with Crippen LogP contribution in [0.1, 0.15) is 39.9 Å². The number of likely N-dealkylation sites (tertiary alicyclic amines) is 1. The van der Waals surface area contributed by atoms with E-state index < -0.39 is 6.10 Å². The molecule has 0 bridgehead atoms. The quantitative estimate of drug-likeness (QED) is 0.868. The van der Waals surface area contributed by atoms with Crippen molar-refractivity contribution in [3.05, 3.63) is 29.7 Å². The van der Waals surface area contributed by atoms with Gasteiger partial charge in [0, 0.05) is 31.0 Å². The number of piperidine rings is 1. The van der Waals surface area contributed by atoms with Gasteiger partial charge in [-0.25, -0.2) is 0 Å². The molecule has 2 N–H and O–H groups in total. The van der Waals surface area contributed by atoms with Crippen LogP contribution in [0.15, 0.2) is 28.4 Å². The van der Waals surface area contributed by atoms with E-state index in [4.69, 9.17) is 4.42 Å².